The molecule has 0 aliphatic heterocycles. The van der Waals surface area contributed by atoms with Crippen LogP contribution in [-0.2, 0) is 0 Å². The molecule has 0 N–H and O–H groups in total. The summed E-state index contributed by atoms with van der Waals surface area (Å²) in [6, 6.07) is 0. The molecule has 70 valence electrons. The molecular formula is C10H15N3. The van der Waals surface area contributed by atoms with E-state index >= 15 is 0 Å². The number of aromatic nitrogens is 3. The molecule has 3 nitrogen and oxygen atoms in total. The van der Waals surface area contributed by atoms with Crippen molar-refractivity contribution in [2.45, 2.75) is 26.7 Å². The first-order valence-corrected chi connectivity index (χ1v) is 4.41. The molecule has 1 aromatic rings. The fraction of sp³-hybridized carbons (Fsp3) is 0.400. The van der Waals surface area contributed by atoms with Gasteiger partial charge in [-0.2, -0.15) is 0 Å². The Kier molecular flexibility index (Phi) is 3.01. The number of hydrogen-bond donors (Lipinski definition) is 0. The molecule has 0 aromatic carbocycles. The topological polar surface area (TPSA) is 30.7 Å². The molecule has 0 aliphatic rings. The second-order valence-electron chi connectivity index (χ2n) is 3.15. The van der Waals surface area contributed by atoms with Crippen LogP contribution in [0.5, 0.6) is 0 Å². The zero-order valence-corrected chi connectivity index (χ0v) is 8.36. The number of nitrogens with zero attached hydrogens (tertiary/aromatic N) is 3. The van der Waals surface area contributed by atoms with Gasteiger partial charge in [0.25, 0.3) is 0 Å². The predicted octanol–water partition coefficient (Wildman–Crippen LogP) is 2.54. The largest absolute Gasteiger partial charge is 0.221 e. The van der Waals surface area contributed by atoms with E-state index in [1.165, 1.54) is 0 Å². The summed E-state index contributed by atoms with van der Waals surface area (Å²) in [6.45, 7) is 9.89. The van der Waals surface area contributed by atoms with Crippen molar-refractivity contribution in [3.05, 3.63) is 24.0 Å². The monoisotopic (exact) mass is 177 g/mol. The second-order valence-corrected chi connectivity index (χ2v) is 3.15. The van der Waals surface area contributed by atoms with E-state index in [4.69, 9.17) is 0 Å². The van der Waals surface area contributed by atoms with Crippen LogP contribution in [0.3, 0.4) is 0 Å². The predicted molar refractivity (Wildman–Crippen MR) is 55.2 cm³/mol. The molecule has 0 bridgehead atoms. The molecule has 0 aliphatic carbocycles. The third-order valence-electron chi connectivity index (χ3n) is 1.79. The van der Waals surface area contributed by atoms with Crippen LogP contribution >= 0.6 is 0 Å². The molecule has 0 spiro atoms. The summed E-state index contributed by atoms with van der Waals surface area (Å²) in [5, 5.41) is 8.10. The van der Waals surface area contributed by atoms with Crippen LogP contribution in [0.25, 0.3) is 12.3 Å². The minimum atomic E-state index is 0.381. The summed E-state index contributed by atoms with van der Waals surface area (Å²) in [5.74, 6) is 0.381. The third-order valence-corrected chi connectivity index (χ3v) is 1.79. The molecule has 1 rings (SSSR count). The van der Waals surface area contributed by atoms with Gasteiger partial charge in [-0.3, -0.25) is 0 Å². The maximum absolute atomic E-state index is 4.10. The molecule has 0 atom stereocenters. The van der Waals surface area contributed by atoms with Gasteiger partial charge in [0.1, 0.15) is 0 Å². The van der Waals surface area contributed by atoms with Gasteiger partial charge in [-0.15, -0.1) is 5.10 Å². The minimum absolute atomic E-state index is 0.381. The molecule has 1 aromatic heterocycles. The summed E-state index contributed by atoms with van der Waals surface area (Å²) in [4.78, 5) is 0. The van der Waals surface area contributed by atoms with Crippen molar-refractivity contribution < 1.29 is 0 Å². The summed E-state index contributed by atoms with van der Waals surface area (Å²) in [6.07, 6.45) is 5.58. The van der Waals surface area contributed by atoms with E-state index in [0.717, 1.165) is 11.4 Å². The van der Waals surface area contributed by atoms with E-state index in [-0.39, 0.29) is 0 Å². The molecule has 0 saturated carbocycles. The Morgan fingerprint density at radius 3 is 2.62 bits per heavy atom. The van der Waals surface area contributed by atoms with Crippen LogP contribution in [-0.4, -0.2) is 15.0 Å². The molecule has 3 heteroatoms. The van der Waals surface area contributed by atoms with Crippen LogP contribution in [0.15, 0.2) is 12.7 Å². The fourth-order valence-corrected chi connectivity index (χ4v) is 1.17. The number of hydrogen-bond acceptors (Lipinski definition) is 2. The van der Waals surface area contributed by atoms with Gasteiger partial charge in [-0.1, -0.05) is 31.7 Å². The van der Waals surface area contributed by atoms with Gasteiger partial charge in [0.15, 0.2) is 0 Å². The molecule has 0 unspecified atom stereocenters. The Morgan fingerprint density at radius 2 is 2.15 bits per heavy atom. The number of allylic oxidation sites excluding steroid dienone is 1. The molecule has 0 radical (unpaired) electrons. The van der Waals surface area contributed by atoms with Crippen molar-refractivity contribution in [3.8, 4) is 0 Å². The smallest absolute Gasteiger partial charge is 0.0930 e. The Labute approximate surface area is 78.8 Å². The van der Waals surface area contributed by atoms with Crippen molar-refractivity contribution >= 4 is 12.3 Å². The van der Waals surface area contributed by atoms with Crippen molar-refractivity contribution in [1.82, 2.24) is 15.0 Å². The minimum Gasteiger partial charge on any atom is -0.221 e. The van der Waals surface area contributed by atoms with Crippen LogP contribution < -0.4 is 0 Å². The van der Waals surface area contributed by atoms with Crippen LogP contribution in [0.4, 0.5) is 0 Å². The van der Waals surface area contributed by atoms with Gasteiger partial charge in [0.2, 0.25) is 0 Å². The van der Waals surface area contributed by atoms with E-state index in [1.54, 1.807) is 10.8 Å². The van der Waals surface area contributed by atoms with E-state index in [0.29, 0.717) is 5.92 Å². The highest BCUT2D eigenvalue weighted by Crippen LogP contribution is 2.17. The second kappa shape index (κ2) is 4.03. The zero-order valence-electron chi connectivity index (χ0n) is 8.36. The van der Waals surface area contributed by atoms with E-state index < -0.39 is 0 Å². The van der Waals surface area contributed by atoms with Crippen molar-refractivity contribution in [2.24, 2.45) is 0 Å². The van der Waals surface area contributed by atoms with Gasteiger partial charge in [-0.25, -0.2) is 4.68 Å². The Balaban J connectivity index is 3.17. The lowest BCUT2D eigenvalue weighted by atomic mass is 10.1. The molecule has 1 heterocycles. The highest BCUT2D eigenvalue weighted by molar-refractivity contribution is 5.49. The first-order valence-electron chi connectivity index (χ1n) is 4.41. The van der Waals surface area contributed by atoms with E-state index in [9.17, 15) is 0 Å². The Hall–Kier alpha value is -1.38. The van der Waals surface area contributed by atoms with Gasteiger partial charge < -0.3 is 0 Å². The quantitative estimate of drug-likeness (QED) is 0.710. The SMILES string of the molecule is C=Cc1c(C(C)C)nnn1/C=C\C. The van der Waals surface area contributed by atoms with E-state index in [1.807, 2.05) is 19.2 Å². The molecule has 0 amide bonds. The normalized spacial score (nSPS) is 11.4. The first kappa shape index (κ1) is 9.71. The van der Waals surface area contributed by atoms with Gasteiger partial charge in [0, 0.05) is 6.20 Å². The van der Waals surface area contributed by atoms with Crippen molar-refractivity contribution in [1.29, 1.82) is 0 Å². The van der Waals surface area contributed by atoms with Crippen LogP contribution in [0.2, 0.25) is 0 Å². The zero-order chi connectivity index (χ0) is 9.84. The Morgan fingerprint density at radius 1 is 1.46 bits per heavy atom. The summed E-state index contributed by atoms with van der Waals surface area (Å²) in [5.41, 5.74) is 1.97. The fourth-order valence-electron chi connectivity index (χ4n) is 1.17. The summed E-state index contributed by atoms with van der Waals surface area (Å²) in [7, 11) is 0. The molecule has 0 saturated heterocycles. The summed E-state index contributed by atoms with van der Waals surface area (Å²) < 4.78 is 1.74. The van der Waals surface area contributed by atoms with E-state index in [2.05, 4.69) is 30.7 Å². The van der Waals surface area contributed by atoms with Crippen LogP contribution in [0, 0.1) is 0 Å². The average Bonchev–Trinajstić information content (AvgIpc) is 2.48. The number of rotatable bonds is 3. The average molecular weight is 177 g/mol. The highest BCUT2D eigenvalue weighted by Gasteiger charge is 2.10. The molecule has 13 heavy (non-hydrogen) atoms. The van der Waals surface area contributed by atoms with Gasteiger partial charge >= 0.3 is 0 Å². The Bertz CT molecular complexity index is 321. The lowest BCUT2D eigenvalue weighted by Crippen LogP contribution is -1.94. The van der Waals surface area contributed by atoms with Gasteiger partial charge in [0.05, 0.1) is 11.4 Å². The molecular weight excluding hydrogens is 162 g/mol. The summed E-state index contributed by atoms with van der Waals surface area (Å²) >= 11 is 0. The van der Waals surface area contributed by atoms with Gasteiger partial charge in [-0.05, 0) is 18.9 Å². The lowest BCUT2D eigenvalue weighted by molar-refractivity contribution is 0.789. The lowest BCUT2D eigenvalue weighted by Gasteiger charge is -2.01. The first-order chi connectivity index (χ1) is 6.20. The maximum atomic E-state index is 4.10. The maximum Gasteiger partial charge on any atom is 0.0930 e. The highest BCUT2D eigenvalue weighted by atomic mass is 15.4. The van der Waals surface area contributed by atoms with Crippen molar-refractivity contribution in [3.63, 3.8) is 0 Å². The standard InChI is InChI=1S/C10H15N3/c1-5-7-13-9(6-2)10(8(3)4)11-12-13/h5-8H,2H2,1,3-4H3/b7-5-. The molecule has 0 fully saturated rings. The van der Waals surface area contributed by atoms with Crippen LogP contribution in [0.1, 0.15) is 38.1 Å². The third kappa shape index (κ3) is 1.86. The van der Waals surface area contributed by atoms with Crippen molar-refractivity contribution in [2.75, 3.05) is 0 Å².